The van der Waals surface area contributed by atoms with Gasteiger partial charge < -0.3 is 14.7 Å². The van der Waals surface area contributed by atoms with Gasteiger partial charge in [0, 0.05) is 17.6 Å². The Morgan fingerprint density at radius 1 is 1.25 bits per heavy atom. The zero-order chi connectivity index (χ0) is 14.3. The minimum atomic E-state index is -1.11. The van der Waals surface area contributed by atoms with Crippen LogP contribution < -0.4 is 5.56 Å². The van der Waals surface area contributed by atoms with Crippen molar-refractivity contribution < 1.29 is 9.90 Å². The van der Waals surface area contributed by atoms with E-state index in [2.05, 4.69) is 4.98 Å². The molecule has 5 heteroatoms. The predicted molar refractivity (Wildman–Crippen MR) is 75.6 cm³/mol. The topological polar surface area (TPSA) is 75.1 Å². The quantitative estimate of drug-likeness (QED) is 0.749. The molecule has 5 nitrogen and oxygen atoms in total. The van der Waals surface area contributed by atoms with E-state index >= 15 is 0 Å². The number of hydrogen-bond donors (Lipinski definition) is 2. The number of benzene rings is 1. The van der Waals surface area contributed by atoms with E-state index in [4.69, 9.17) is 0 Å². The second-order valence-electron chi connectivity index (χ2n) is 4.60. The van der Waals surface area contributed by atoms with Crippen LogP contribution in [0.15, 0.2) is 47.4 Å². The first-order valence-corrected chi connectivity index (χ1v) is 6.11. The number of para-hydroxylation sites is 1. The van der Waals surface area contributed by atoms with Crippen LogP contribution in [0.4, 0.5) is 0 Å². The van der Waals surface area contributed by atoms with Gasteiger partial charge in [0.15, 0.2) is 0 Å². The largest absolute Gasteiger partial charge is 0.478 e. The number of nitrogens with one attached hydrogen (secondary N) is 1. The fraction of sp³-hybridized carbons (Fsp3) is 0.0667. The van der Waals surface area contributed by atoms with Crippen LogP contribution >= 0.6 is 0 Å². The van der Waals surface area contributed by atoms with Gasteiger partial charge in [-0.2, -0.15) is 0 Å². The van der Waals surface area contributed by atoms with Crippen molar-refractivity contribution >= 4 is 16.9 Å². The summed E-state index contributed by atoms with van der Waals surface area (Å²) in [4.78, 5) is 26.0. The highest BCUT2D eigenvalue weighted by molar-refractivity contribution is 6.03. The third kappa shape index (κ3) is 1.80. The number of hydrogen-bond acceptors (Lipinski definition) is 2. The molecular weight excluding hydrogens is 256 g/mol. The Bertz CT molecular complexity index is 860. The minimum Gasteiger partial charge on any atom is -0.478 e. The number of H-pyrrole nitrogens is 1. The minimum absolute atomic E-state index is 0.00473. The number of carboxylic acid groups (broad SMARTS) is 1. The molecule has 0 bridgehead atoms. The molecule has 0 aliphatic heterocycles. The molecule has 0 spiro atoms. The molecule has 0 aliphatic carbocycles. The maximum absolute atomic E-state index is 12.0. The second kappa shape index (κ2) is 4.38. The van der Waals surface area contributed by atoms with E-state index in [-0.39, 0.29) is 16.5 Å². The number of carbonyl (C=O) groups is 1. The molecule has 3 rings (SSSR count). The highest BCUT2D eigenvalue weighted by Crippen LogP contribution is 2.22. The van der Waals surface area contributed by atoms with Gasteiger partial charge in [0.1, 0.15) is 0 Å². The Morgan fingerprint density at radius 3 is 2.60 bits per heavy atom. The van der Waals surface area contributed by atoms with Crippen LogP contribution in [0.2, 0.25) is 0 Å². The molecule has 0 fully saturated rings. The highest BCUT2D eigenvalue weighted by Gasteiger charge is 2.18. The Morgan fingerprint density at radius 2 is 1.95 bits per heavy atom. The normalized spacial score (nSPS) is 10.8. The molecule has 0 atom stereocenters. The van der Waals surface area contributed by atoms with Crippen LogP contribution in [-0.4, -0.2) is 20.6 Å². The molecule has 0 amide bonds. The summed E-state index contributed by atoms with van der Waals surface area (Å²) in [5.74, 6) is -1.11. The van der Waals surface area contributed by atoms with Crippen molar-refractivity contribution in [3.63, 3.8) is 0 Å². The number of nitrogens with zero attached hydrogens (tertiary/aromatic N) is 1. The molecule has 0 radical (unpaired) electrons. The summed E-state index contributed by atoms with van der Waals surface area (Å²) in [7, 11) is 0. The lowest BCUT2D eigenvalue weighted by atomic mass is 10.2. The number of fused-ring (bicyclic) bond motifs is 1. The summed E-state index contributed by atoms with van der Waals surface area (Å²) in [6.07, 6.45) is 1.48. The fourth-order valence-electron chi connectivity index (χ4n) is 2.35. The van der Waals surface area contributed by atoms with Gasteiger partial charge in [0.05, 0.1) is 16.5 Å². The standard InChI is InChI=1S/C15H12N2O3/c1-9-7-12-13(14(18)16-9)11(15(19)20)8-17(12)10-5-3-2-4-6-10/h2-8H,1H3,(H,16,18)(H,19,20). The Hall–Kier alpha value is -2.82. The maximum atomic E-state index is 12.0. The lowest BCUT2D eigenvalue weighted by Gasteiger charge is -2.05. The van der Waals surface area contributed by atoms with Crippen LogP contribution in [0.5, 0.6) is 0 Å². The van der Waals surface area contributed by atoms with E-state index in [1.807, 2.05) is 30.3 Å². The van der Waals surface area contributed by atoms with Crippen molar-refractivity contribution in [3.05, 3.63) is 64.2 Å². The number of rotatable bonds is 2. The summed E-state index contributed by atoms with van der Waals surface area (Å²) in [5, 5.41) is 9.47. The average molecular weight is 268 g/mol. The zero-order valence-corrected chi connectivity index (χ0v) is 10.8. The number of carboxylic acids is 1. The molecule has 3 aromatic rings. The SMILES string of the molecule is Cc1cc2c(c(C(=O)O)cn2-c2ccccc2)c(=O)[nH]1. The van der Waals surface area contributed by atoms with E-state index in [9.17, 15) is 14.7 Å². The van der Waals surface area contributed by atoms with Gasteiger partial charge in [-0.3, -0.25) is 4.79 Å². The fourth-order valence-corrected chi connectivity index (χ4v) is 2.35. The van der Waals surface area contributed by atoms with Gasteiger partial charge in [0.2, 0.25) is 0 Å². The molecule has 0 aliphatic rings. The number of aromatic nitrogens is 2. The van der Waals surface area contributed by atoms with Gasteiger partial charge in [-0.15, -0.1) is 0 Å². The molecule has 20 heavy (non-hydrogen) atoms. The first-order valence-electron chi connectivity index (χ1n) is 6.11. The Balaban J connectivity index is 2.45. The average Bonchev–Trinajstić information content (AvgIpc) is 2.79. The molecule has 0 saturated carbocycles. The van der Waals surface area contributed by atoms with Crippen molar-refractivity contribution in [1.29, 1.82) is 0 Å². The maximum Gasteiger partial charge on any atom is 0.338 e. The van der Waals surface area contributed by atoms with Crippen LogP contribution in [0.1, 0.15) is 16.1 Å². The van der Waals surface area contributed by atoms with Gasteiger partial charge >= 0.3 is 5.97 Å². The van der Waals surface area contributed by atoms with Gasteiger partial charge in [-0.05, 0) is 25.1 Å². The molecule has 0 saturated heterocycles. The molecule has 2 aromatic heterocycles. The Labute approximate surface area is 114 Å². The summed E-state index contributed by atoms with van der Waals surface area (Å²) < 4.78 is 1.72. The van der Waals surface area contributed by atoms with Gasteiger partial charge in [-0.1, -0.05) is 18.2 Å². The smallest absolute Gasteiger partial charge is 0.338 e. The van der Waals surface area contributed by atoms with Crippen LogP contribution in [0.3, 0.4) is 0 Å². The number of pyridine rings is 1. The van der Waals surface area contributed by atoms with E-state index in [0.29, 0.717) is 11.2 Å². The van der Waals surface area contributed by atoms with Crippen LogP contribution in [0.25, 0.3) is 16.6 Å². The van der Waals surface area contributed by atoms with E-state index in [0.717, 1.165) is 5.69 Å². The number of aromatic carboxylic acids is 1. The van der Waals surface area contributed by atoms with E-state index in [1.165, 1.54) is 6.20 Å². The highest BCUT2D eigenvalue weighted by atomic mass is 16.4. The second-order valence-corrected chi connectivity index (χ2v) is 4.60. The first-order chi connectivity index (χ1) is 9.58. The number of aromatic amines is 1. The van der Waals surface area contributed by atoms with Crippen molar-refractivity contribution in [1.82, 2.24) is 9.55 Å². The summed E-state index contributed by atoms with van der Waals surface area (Å²) >= 11 is 0. The predicted octanol–water partition coefficient (Wildman–Crippen LogP) is 2.33. The lowest BCUT2D eigenvalue weighted by molar-refractivity contribution is 0.0699. The van der Waals surface area contributed by atoms with E-state index in [1.54, 1.807) is 17.6 Å². The zero-order valence-electron chi connectivity index (χ0n) is 10.8. The van der Waals surface area contributed by atoms with Crippen molar-refractivity contribution in [3.8, 4) is 5.69 Å². The van der Waals surface area contributed by atoms with Crippen molar-refractivity contribution in [2.45, 2.75) is 6.92 Å². The van der Waals surface area contributed by atoms with Gasteiger partial charge in [-0.25, -0.2) is 4.79 Å². The molecular formula is C15H12N2O3. The van der Waals surface area contributed by atoms with Crippen LogP contribution in [0, 0.1) is 6.92 Å². The molecule has 2 N–H and O–H groups in total. The van der Waals surface area contributed by atoms with Gasteiger partial charge in [0.25, 0.3) is 5.56 Å². The molecule has 0 unspecified atom stereocenters. The Kier molecular flexibility index (Phi) is 2.68. The summed E-state index contributed by atoms with van der Waals surface area (Å²) in [6.45, 7) is 1.77. The molecule has 1 aromatic carbocycles. The van der Waals surface area contributed by atoms with Crippen molar-refractivity contribution in [2.75, 3.05) is 0 Å². The molecule has 2 heterocycles. The third-order valence-electron chi connectivity index (χ3n) is 3.20. The monoisotopic (exact) mass is 268 g/mol. The van der Waals surface area contributed by atoms with Crippen molar-refractivity contribution in [2.24, 2.45) is 0 Å². The number of aryl methyl sites for hydroxylation is 1. The lowest BCUT2D eigenvalue weighted by Crippen LogP contribution is -2.10. The van der Waals surface area contributed by atoms with E-state index < -0.39 is 5.97 Å². The van der Waals surface area contributed by atoms with Crippen LogP contribution in [-0.2, 0) is 0 Å². The first kappa shape index (κ1) is 12.2. The summed E-state index contributed by atoms with van der Waals surface area (Å²) in [6, 6.07) is 11.1. The molecule has 100 valence electrons. The summed E-state index contributed by atoms with van der Waals surface area (Å²) in [5.41, 5.74) is 1.72. The third-order valence-corrected chi connectivity index (χ3v) is 3.20.